The third-order valence-corrected chi connectivity index (χ3v) is 6.24. The van der Waals surface area contributed by atoms with E-state index in [4.69, 9.17) is 10.5 Å². The minimum Gasteiger partial charge on any atom is -0.496 e. The molecule has 134 valence electrons. The summed E-state index contributed by atoms with van der Waals surface area (Å²) in [5, 5.41) is 0. The van der Waals surface area contributed by atoms with Gasteiger partial charge in [-0.3, -0.25) is 0 Å². The van der Waals surface area contributed by atoms with Crippen LogP contribution in [0.5, 0.6) is 5.75 Å². The Kier molecular flexibility index (Phi) is 5.84. The summed E-state index contributed by atoms with van der Waals surface area (Å²) in [6, 6.07) is 4.11. The van der Waals surface area contributed by atoms with E-state index < -0.39 is 16.0 Å². The standard InChI is InChI=1S/C16H24N2O5S/c1-11(17)12-5-4-8-18(10-12)24(20,21)13-6-7-14(16(19)23-3)15(9-13)22-2/h6-7,9,11-12H,4-5,8,10,17H2,1-3H3. The SMILES string of the molecule is COC(=O)c1ccc(S(=O)(=O)N2CCCC(C(C)N)C2)cc1OC. The number of methoxy groups -OCH3 is 2. The number of esters is 1. The lowest BCUT2D eigenvalue weighted by Gasteiger charge is -2.33. The molecule has 2 unspecified atom stereocenters. The molecule has 1 aromatic carbocycles. The third-order valence-electron chi connectivity index (χ3n) is 4.38. The van der Waals surface area contributed by atoms with E-state index in [-0.39, 0.29) is 28.2 Å². The van der Waals surface area contributed by atoms with E-state index in [1.165, 1.54) is 36.7 Å². The molecule has 0 amide bonds. The first-order valence-corrected chi connectivity index (χ1v) is 9.27. The second-order valence-electron chi connectivity index (χ2n) is 5.98. The highest BCUT2D eigenvalue weighted by Crippen LogP contribution is 2.29. The van der Waals surface area contributed by atoms with Crippen LogP contribution in [0.2, 0.25) is 0 Å². The molecule has 8 heteroatoms. The highest BCUT2D eigenvalue weighted by Gasteiger charge is 2.32. The smallest absolute Gasteiger partial charge is 0.341 e. The first kappa shape index (κ1) is 18.7. The van der Waals surface area contributed by atoms with Crippen molar-refractivity contribution >= 4 is 16.0 Å². The van der Waals surface area contributed by atoms with Crippen molar-refractivity contribution in [2.45, 2.75) is 30.7 Å². The number of carbonyl (C=O) groups is 1. The van der Waals surface area contributed by atoms with Crippen LogP contribution < -0.4 is 10.5 Å². The molecule has 0 saturated carbocycles. The molecule has 1 fully saturated rings. The summed E-state index contributed by atoms with van der Waals surface area (Å²) in [5.74, 6) is -0.265. The summed E-state index contributed by atoms with van der Waals surface area (Å²) < 4.78 is 37.0. The first-order chi connectivity index (χ1) is 11.3. The van der Waals surface area contributed by atoms with Crippen LogP contribution in [0.4, 0.5) is 0 Å². The van der Waals surface area contributed by atoms with Gasteiger partial charge in [0, 0.05) is 25.2 Å². The van der Waals surface area contributed by atoms with Gasteiger partial charge in [-0.1, -0.05) is 0 Å². The Balaban J connectivity index is 2.34. The fourth-order valence-corrected chi connectivity index (χ4v) is 4.43. The predicted octanol–water partition coefficient (Wildman–Crippen LogP) is 1.23. The second kappa shape index (κ2) is 7.50. The molecule has 0 bridgehead atoms. The zero-order valence-corrected chi connectivity index (χ0v) is 15.0. The van der Waals surface area contributed by atoms with E-state index in [0.717, 1.165) is 12.8 Å². The van der Waals surface area contributed by atoms with Gasteiger partial charge in [-0.15, -0.1) is 0 Å². The van der Waals surface area contributed by atoms with Gasteiger partial charge in [0.1, 0.15) is 11.3 Å². The molecule has 24 heavy (non-hydrogen) atoms. The maximum atomic E-state index is 12.9. The maximum absolute atomic E-state index is 12.9. The van der Waals surface area contributed by atoms with Gasteiger partial charge >= 0.3 is 5.97 Å². The molecule has 2 N–H and O–H groups in total. The lowest BCUT2D eigenvalue weighted by Crippen LogP contribution is -2.44. The van der Waals surface area contributed by atoms with Gasteiger partial charge in [-0.2, -0.15) is 4.31 Å². The summed E-state index contributed by atoms with van der Waals surface area (Å²) in [4.78, 5) is 11.8. The van der Waals surface area contributed by atoms with Crippen molar-refractivity contribution in [3.63, 3.8) is 0 Å². The van der Waals surface area contributed by atoms with Crippen LogP contribution in [0, 0.1) is 5.92 Å². The van der Waals surface area contributed by atoms with E-state index in [0.29, 0.717) is 13.1 Å². The Hall–Kier alpha value is -1.64. The minimum atomic E-state index is -3.66. The van der Waals surface area contributed by atoms with Gasteiger partial charge in [0.25, 0.3) is 0 Å². The van der Waals surface area contributed by atoms with Gasteiger partial charge in [-0.05, 0) is 37.8 Å². The largest absolute Gasteiger partial charge is 0.496 e. The topological polar surface area (TPSA) is 98.9 Å². The molecule has 0 spiro atoms. The van der Waals surface area contributed by atoms with Crippen LogP contribution in [-0.4, -0.2) is 52.0 Å². The predicted molar refractivity (Wildman–Crippen MR) is 89.5 cm³/mol. The highest BCUT2D eigenvalue weighted by molar-refractivity contribution is 7.89. The number of piperidine rings is 1. The molecular weight excluding hydrogens is 332 g/mol. The molecule has 7 nitrogen and oxygen atoms in total. The van der Waals surface area contributed by atoms with Crippen LogP contribution in [0.25, 0.3) is 0 Å². The van der Waals surface area contributed by atoms with Crippen molar-refractivity contribution < 1.29 is 22.7 Å². The quantitative estimate of drug-likeness (QED) is 0.797. The van der Waals surface area contributed by atoms with Gasteiger partial charge in [0.2, 0.25) is 10.0 Å². The van der Waals surface area contributed by atoms with Crippen LogP contribution in [-0.2, 0) is 14.8 Å². The normalized spacial score (nSPS) is 20.4. The number of hydrogen-bond acceptors (Lipinski definition) is 6. The number of nitrogens with two attached hydrogens (primary N) is 1. The fourth-order valence-electron chi connectivity index (χ4n) is 2.88. The van der Waals surface area contributed by atoms with Gasteiger partial charge in [-0.25, -0.2) is 13.2 Å². The van der Waals surface area contributed by atoms with Gasteiger partial charge < -0.3 is 15.2 Å². The fraction of sp³-hybridized carbons (Fsp3) is 0.562. The Morgan fingerprint density at radius 2 is 2.08 bits per heavy atom. The Morgan fingerprint density at radius 3 is 2.67 bits per heavy atom. The van der Waals surface area contributed by atoms with Crippen LogP contribution >= 0.6 is 0 Å². The van der Waals surface area contributed by atoms with E-state index in [1.807, 2.05) is 6.92 Å². The zero-order valence-electron chi connectivity index (χ0n) is 14.2. The molecular formula is C16H24N2O5S. The number of rotatable bonds is 5. The number of benzene rings is 1. The van der Waals surface area contributed by atoms with Crippen molar-refractivity contribution in [1.82, 2.24) is 4.31 Å². The summed E-state index contributed by atoms with van der Waals surface area (Å²) in [6.45, 7) is 2.77. The van der Waals surface area contributed by atoms with Crippen molar-refractivity contribution in [3.8, 4) is 5.75 Å². The van der Waals surface area contributed by atoms with E-state index in [2.05, 4.69) is 4.74 Å². The summed E-state index contributed by atoms with van der Waals surface area (Å²) in [6.07, 6.45) is 1.71. The van der Waals surface area contributed by atoms with Crippen LogP contribution in [0.15, 0.2) is 23.1 Å². The molecule has 1 aliphatic rings. The van der Waals surface area contributed by atoms with Crippen LogP contribution in [0.1, 0.15) is 30.1 Å². The zero-order chi connectivity index (χ0) is 17.9. The van der Waals surface area contributed by atoms with E-state index in [9.17, 15) is 13.2 Å². The molecule has 1 aromatic rings. The number of ether oxygens (including phenoxy) is 2. The molecule has 2 rings (SSSR count). The van der Waals surface area contributed by atoms with E-state index >= 15 is 0 Å². The first-order valence-electron chi connectivity index (χ1n) is 7.83. The molecule has 0 aromatic heterocycles. The number of sulfonamides is 1. The van der Waals surface area contributed by atoms with Crippen molar-refractivity contribution in [1.29, 1.82) is 0 Å². The highest BCUT2D eigenvalue weighted by atomic mass is 32.2. The molecule has 1 saturated heterocycles. The minimum absolute atomic E-state index is 0.0563. The number of hydrogen-bond donors (Lipinski definition) is 1. The maximum Gasteiger partial charge on any atom is 0.341 e. The molecule has 1 aliphatic heterocycles. The average Bonchev–Trinajstić information content (AvgIpc) is 2.60. The summed E-state index contributed by atoms with van der Waals surface area (Å²) in [7, 11) is -1.03. The molecule has 0 aliphatic carbocycles. The second-order valence-corrected chi connectivity index (χ2v) is 7.92. The monoisotopic (exact) mass is 356 g/mol. The molecule has 0 radical (unpaired) electrons. The molecule has 2 atom stereocenters. The lowest BCUT2D eigenvalue weighted by atomic mass is 9.93. The molecule has 1 heterocycles. The van der Waals surface area contributed by atoms with Crippen molar-refractivity contribution in [2.75, 3.05) is 27.3 Å². The van der Waals surface area contributed by atoms with Gasteiger partial charge in [0.05, 0.1) is 19.1 Å². The third kappa shape index (κ3) is 3.71. The van der Waals surface area contributed by atoms with Crippen molar-refractivity contribution in [3.05, 3.63) is 23.8 Å². The number of nitrogens with zero attached hydrogens (tertiary/aromatic N) is 1. The summed E-state index contributed by atoms with van der Waals surface area (Å²) in [5.41, 5.74) is 6.12. The summed E-state index contributed by atoms with van der Waals surface area (Å²) >= 11 is 0. The Labute approximate surface area is 142 Å². The Bertz CT molecular complexity index is 702. The van der Waals surface area contributed by atoms with Crippen LogP contribution in [0.3, 0.4) is 0 Å². The van der Waals surface area contributed by atoms with Gasteiger partial charge in [0.15, 0.2) is 0 Å². The Morgan fingerprint density at radius 1 is 1.38 bits per heavy atom. The van der Waals surface area contributed by atoms with Crippen molar-refractivity contribution in [2.24, 2.45) is 11.7 Å². The lowest BCUT2D eigenvalue weighted by molar-refractivity contribution is 0.0597. The van der Waals surface area contributed by atoms with E-state index in [1.54, 1.807) is 0 Å². The number of carbonyl (C=O) groups excluding carboxylic acids is 1. The average molecular weight is 356 g/mol.